The molecule has 1 saturated heterocycles. The van der Waals surface area contributed by atoms with E-state index in [4.69, 9.17) is 14.2 Å². The summed E-state index contributed by atoms with van der Waals surface area (Å²) in [4.78, 5) is 14.8. The lowest BCUT2D eigenvalue weighted by Crippen LogP contribution is -2.39. The number of carbonyl (C=O) groups excluding carboxylic acids is 1. The Balaban J connectivity index is 1.97. The van der Waals surface area contributed by atoms with Crippen molar-refractivity contribution in [2.45, 2.75) is 38.4 Å². The summed E-state index contributed by atoms with van der Waals surface area (Å²) < 4.78 is 16.4. The van der Waals surface area contributed by atoms with Crippen molar-refractivity contribution in [2.24, 2.45) is 0 Å². The monoisotopic (exact) mass is 380 g/mol. The van der Waals surface area contributed by atoms with Crippen molar-refractivity contribution in [1.29, 1.82) is 0 Å². The third-order valence-electron chi connectivity index (χ3n) is 4.72. The zero-order chi connectivity index (χ0) is 19.6. The van der Waals surface area contributed by atoms with Gasteiger partial charge < -0.3 is 29.5 Å². The van der Waals surface area contributed by atoms with Crippen molar-refractivity contribution in [3.05, 3.63) is 23.8 Å². The topological polar surface area (TPSA) is 80.3 Å². The van der Waals surface area contributed by atoms with E-state index in [9.17, 15) is 9.90 Å². The van der Waals surface area contributed by atoms with Gasteiger partial charge in [-0.15, -0.1) is 0 Å². The standard InChI is InChI=1S/C20H32N2O5/c1-15(23)6-10-22-11-7-16(8-12-22)27-19-14-17(26-3)4-5-18(19)20(24)21-9-13-25-2/h4-5,14-16,23H,6-13H2,1-3H3,(H,21,24)/t15-/m1/s1. The van der Waals surface area contributed by atoms with E-state index >= 15 is 0 Å². The predicted molar refractivity (Wildman–Crippen MR) is 104 cm³/mol. The van der Waals surface area contributed by atoms with Crippen LogP contribution in [0.25, 0.3) is 0 Å². The second kappa shape index (κ2) is 11.1. The van der Waals surface area contributed by atoms with Crippen LogP contribution in [0.5, 0.6) is 11.5 Å². The molecule has 0 saturated carbocycles. The van der Waals surface area contributed by atoms with E-state index in [0.717, 1.165) is 38.9 Å². The minimum atomic E-state index is -0.269. The molecule has 7 heteroatoms. The van der Waals surface area contributed by atoms with Crippen molar-refractivity contribution >= 4 is 5.91 Å². The third-order valence-corrected chi connectivity index (χ3v) is 4.72. The highest BCUT2D eigenvalue weighted by molar-refractivity contribution is 5.97. The second-order valence-electron chi connectivity index (χ2n) is 6.91. The van der Waals surface area contributed by atoms with Gasteiger partial charge in [0.05, 0.1) is 25.4 Å². The Morgan fingerprint density at radius 1 is 1.33 bits per heavy atom. The third kappa shape index (κ3) is 7.01. The van der Waals surface area contributed by atoms with Gasteiger partial charge in [-0.3, -0.25) is 4.79 Å². The van der Waals surface area contributed by atoms with Crippen LogP contribution in [0.1, 0.15) is 36.5 Å². The summed E-state index contributed by atoms with van der Waals surface area (Å²) in [5, 5.41) is 12.3. The first kappa shape index (κ1) is 21.5. The van der Waals surface area contributed by atoms with E-state index in [1.54, 1.807) is 32.4 Å². The van der Waals surface area contributed by atoms with Crippen LogP contribution in [0, 0.1) is 0 Å². The van der Waals surface area contributed by atoms with Crippen LogP contribution >= 0.6 is 0 Å². The van der Waals surface area contributed by atoms with Crippen LogP contribution < -0.4 is 14.8 Å². The van der Waals surface area contributed by atoms with E-state index in [1.807, 2.05) is 6.92 Å². The largest absolute Gasteiger partial charge is 0.497 e. The van der Waals surface area contributed by atoms with Gasteiger partial charge in [-0.05, 0) is 38.3 Å². The summed E-state index contributed by atoms with van der Waals surface area (Å²) in [6.07, 6.45) is 2.36. The number of amides is 1. The molecule has 0 unspecified atom stereocenters. The lowest BCUT2D eigenvalue weighted by molar-refractivity contribution is 0.0842. The Labute approximate surface area is 161 Å². The fourth-order valence-corrected chi connectivity index (χ4v) is 3.08. The lowest BCUT2D eigenvalue weighted by Gasteiger charge is -2.32. The molecule has 0 aliphatic carbocycles. The first-order chi connectivity index (χ1) is 13.0. The lowest BCUT2D eigenvalue weighted by atomic mass is 10.1. The maximum atomic E-state index is 12.5. The number of aliphatic hydroxyl groups is 1. The Bertz CT molecular complexity index is 586. The molecule has 0 radical (unpaired) electrons. The fourth-order valence-electron chi connectivity index (χ4n) is 3.08. The zero-order valence-corrected chi connectivity index (χ0v) is 16.6. The van der Waals surface area contributed by atoms with Crippen molar-refractivity contribution < 1.29 is 24.1 Å². The van der Waals surface area contributed by atoms with Crippen molar-refractivity contribution in [3.8, 4) is 11.5 Å². The number of ether oxygens (including phenoxy) is 3. The average Bonchev–Trinajstić information content (AvgIpc) is 2.67. The van der Waals surface area contributed by atoms with E-state index in [2.05, 4.69) is 10.2 Å². The van der Waals surface area contributed by atoms with Crippen LogP contribution in [0.3, 0.4) is 0 Å². The van der Waals surface area contributed by atoms with Gasteiger partial charge in [0.15, 0.2) is 0 Å². The van der Waals surface area contributed by atoms with Gasteiger partial charge in [0.25, 0.3) is 5.91 Å². The van der Waals surface area contributed by atoms with Crippen molar-refractivity contribution in [1.82, 2.24) is 10.2 Å². The minimum Gasteiger partial charge on any atom is -0.497 e. The summed E-state index contributed by atoms with van der Waals surface area (Å²) in [5.41, 5.74) is 0.503. The number of hydrogen-bond acceptors (Lipinski definition) is 6. The summed E-state index contributed by atoms with van der Waals surface area (Å²) in [5.74, 6) is 1.03. The van der Waals surface area contributed by atoms with Gasteiger partial charge in [-0.1, -0.05) is 0 Å². The molecular formula is C20H32N2O5. The summed E-state index contributed by atoms with van der Waals surface area (Å²) in [7, 11) is 3.19. The number of methoxy groups -OCH3 is 2. The minimum absolute atomic E-state index is 0.0606. The number of likely N-dealkylation sites (tertiary alicyclic amines) is 1. The quantitative estimate of drug-likeness (QED) is 0.601. The van der Waals surface area contributed by atoms with Gasteiger partial charge in [0.2, 0.25) is 0 Å². The Hall–Kier alpha value is -1.83. The first-order valence-electron chi connectivity index (χ1n) is 9.55. The maximum absolute atomic E-state index is 12.5. The summed E-state index contributed by atoms with van der Waals surface area (Å²) in [6, 6.07) is 5.26. The number of aliphatic hydroxyl groups excluding tert-OH is 1. The smallest absolute Gasteiger partial charge is 0.255 e. The van der Waals surface area contributed by atoms with Gasteiger partial charge in [-0.2, -0.15) is 0 Å². The van der Waals surface area contributed by atoms with E-state index in [0.29, 0.717) is 30.2 Å². The van der Waals surface area contributed by atoms with Gasteiger partial charge in [-0.25, -0.2) is 0 Å². The molecule has 1 fully saturated rings. The molecule has 1 heterocycles. The highest BCUT2D eigenvalue weighted by Crippen LogP contribution is 2.28. The number of carbonyl (C=O) groups is 1. The molecule has 1 aliphatic heterocycles. The molecule has 1 aromatic rings. The van der Waals surface area contributed by atoms with Gasteiger partial charge >= 0.3 is 0 Å². The molecule has 1 amide bonds. The molecule has 2 rings (SSSR count). The van der Waals surface area contributed by atoms with Crippen LogP contribution in [-0.2, 0) is 4.74 Å². The molecule has 0 spiro atoms. The van der Waals surface area contributed by atoms with E-state index in [-0.39, 0.29) is 18.1 Å². The van der Waals surface area contributed by atoms with E-state index in [1.165, 1.54) is 0 Å². The Morgan fingerprint density at radius 2 is 2.07 bits per heavy atom. The Kier molecular flexibility index (Phi) is 8.84. The van der Waals surface area contributed by atoms with Crippen LogP contribution in [0.4, 0.5) is 0 Å². The summed E-state index contributed by atoms with van der Waals surface area (Å²) in [6.45, 7) is 5.48. The number of nitrogens with zero attached hydrogens (tertiary/aromatic N) is 1. The molecule has 1 aliphatic rings. The highest BCUT2D eigenvalue weighted by Gasteiger charge is 2.23. The number of rotatable bonds is 10. The molecule has 7 nitrogen and oxygen atoms in total. The molecule has 2 N–H and O–H groups in total. The maximum Gasteiger partial charge on any atom is 0.255 e. The normalized spacial score (nSPS) is 16.7. The molecule has 1 atom stereocenters. The number of piperidine rings is 1. The van der Waals surface area contributed by atoms with E-state index < -0.39 is 0 Å². The van der Waals surface area contributed by atoms with Gasteiger partial charge in [0.1, 0.15) is 17.6 Å². The second-order valence-corrected chi connectivity index (χ2v) is 6.91. The Morgan fingerprint density at radius 3 is 2.70 bits per heavy atom. The SMILES string of the molecule is COCCNC(=O)c1ccc(OC)cc1OC1CCN(CC[C@@H](C)O)CC1. The predicted octanol–water partition coefficient (Wildman–Crippen LogP) is 1.69. The number of hydrogen-bond donors (Lipinski definition) is 2. The highest BCUT2D eigenvalue weighted by atomic mass is 16.5. The molecule has 1 aromatic carbocycles. The van der Waals surface area contributed by atoms with Crippen molar-refractivity contribution in [3.63, 3.8) is 0 Å². The zero-order valence-electron chi connectivity index (χ0n) is 16.6. The molecule has 0 bridgehead atoms. The number of nitrogens with one attached hydrogen (secondary N) is 1. The molecule has 0 aromatic heterocycles. The van der Waals surface area contributed by atoms with Gasteiger partial charge in [0, 0.05) is 39.4 Å². The van der Waals surface area contributed by atoms with Crippen molar-refractivity contribution in [2.75, 3.05) is 47.0 Å². The summed E-state index contributed by atoms with van der Waals surface area (Å²) >= 11 is 0. The first-order valence-corrected chi connectivity index (χ1v) is 9.55. The van der Waals surface area contributed by atoms with Crippen LogP contribution in [0.15, 0.2) is 18.2 Å². The number of benzene rings is 1. The fraction of sp³-hybridized carbons (Fsp3) is 0.650. The molecule has 152 valence electrons. The van der Waals surface area contributed by atoms with Crippen LogP contribution in [0.2, 0.25) is 0 Å². The molecular weight excluding hydrogens is 348 g/mol. The van der Waals surface area contributed by atoms with Crippen LogP contribution in [-0.4, -0.2) is 75.1 Å². The molecule has 27 heavy (non-hydrogen) atoms. The average molecular weight is 380 g/mol.